The number of hydrogen-bond donors (Lipinski definition) is 1. The molecule has 0 aromatic heterocycles. The highest BCUT2D eigenvalue weighted by Gasteiger charge is 2.12. The predicted octanol–water partition coefficient (Wildman–Crippen LogP) is 0.820. The zero-order chi connectivity index (χ0) is 7.98. The van der Waals surface area contributed by atoms with E-state index >= 15 is 0 Å². The Morgan fingerprint density at radius 3 is 2.60 bits per heavy atom. The Morgan fingerprint density at radius 1 is 1.70 bits per heavy atom. The second kappa shape index (κ2) is 4.85. The van der Waals surface area contributed by atoms with Crippen LogP contribution >= 0.6 is 0 Å². The van der Waals surface area contributed by atoms with Crippen LogP contribution in [0.3, 0.4) is 0 Å². The molecule has 0 amide bonds. The summed E-state index contributed by atoms with van der Waals surface area (Å²) in [4.78, 5) is 20.5. The van der Waals surface area contributed by atoms with Gasteiger partial charge in [-0.3, -0.25) is 9.59 Å². The van der Waals surface area contributed by atoms with Gasteiger partial charge < -0.3 is 5.41 Å². The minimum Gasteiger partial charge on any atom is -0.312 e. The number of aldehydes is 1. The molecule has 0 radical (unpaired) electrons. The molecule has 0 aliphatic carbocycles. The summed E-state index contributed by atoms with van der Waals surface area (Å²) in [6, 6.07) is 0. The number of Topliss-reactive ketones (excluding diaryl/α,β-unsaturated/α-hetero) is 1. The summed E-state index contributed by atoms with van der Waals surface area (Å²) in [7, 11) is 0. The molecule has 0 aliphatic rings. The van der Waals surface area contributed by atoms with Crippen molar-refractivity contribution >= 4 is 18.3 Å². The molecule has 0 aromatic rings. The smallest absolute Gasteiger partial charge is 0.203 e. The molecule has 0 aromatic carbocycles. The Balaban J connectivity index is 3.91. The fourth-order valence-electron chi connectivity index (χ4n) is 0.706. The molecule has 10 heavy (non-hydrogen) atoms. The van der Waals surface area contributed by atoms with Crippen molar-refractivity contribution in [1.82, 2.24) is 0 Å². The van der Waals surface area contributed by atoms with Gasteiger partial charge in [0.05, 0.1) is 5.92 Å². The lowest BCUT2D eigenvalue weighted by Crippen LogP contribution is -2.16. The first-order chi connectivity index (χ1) is 4.76. The molecule has 0 aliphatic heterocycles. The van der Waals surface area contributed by atoms with Gasteiger partial charge in [-0.15, -0.1) is 0 Å². The fraction of sp³-hybridized carbons (Fsp3) is 0.571. The van der Waals surface area contributed by atoms with Crippen LogP contribution in [0.25, 0.3) is 0 Å². The second-order valence-corrected chi connectivity index (χ2v) is 2.08. The third-order valence-corrected chi connectivity index (χ3v) is 1.28. The van der Waals surface area contributed by atoms with Gasteiger partial charge in [-0.2, -0.15) is 0 Å². The van der Waals surface area contributed by atoms with Gasteiger partial charge in [0.2, 0.25) is 5.78 Å². The number of carbonyl (C=O) groups excluding carboxylic acids is 2. The molecule has 3 heteroatoms. The minimum atomic E-state index is -0.489. The van der Waals surface area contributed by atoms with Crippen molar-refractivity contribution in [3.63, 3.8) is 0 Å². The van der Waals surface area contributed by atoms with Crippen molar-refractivity contribution in [3.8, 4) is 0 Å². The first-order valence-corrected chi connectivity index (χ1v) is 3.25. The molecule has 0 saturated heterocycles. The highest BCUT2D eigenvalue weighted by atomic mass is 16.2. The van der Waals surface area contributed by atoms with E-state index < -0.39 is 11.7 Å². The van der Waals surface area contributed by atoms with Crippen LogP contribution in [-0.2, 0) is 9.59 Å². The lowest BCUT2D eigenvalue weighted by Gasteiger charge is -2.01. The molecule has 1 atom stereocenters. The summed E-state index contributed by atoms with van der Waals surface area (Å²) in [6.07, 6.45) is 2.73. The Morgan fingerprint density at radius 2 is 2.30 bits per heavy atom. The van der Waals surface area contributed by atoms with Crippen LogP contribution in [0.1, 0.15) is 19.8 Å². The fourth-order valence-corrected chi connectivity index (χ4v) is 0.706. The van der Waals surface area contributed by atoms with Crippen LogP contribution in [0.4, 0.5) is 0 Å². The quantitative estimate of drug-likeness (QED) is 0.350. The van der Waals surface area contributed by atoms with E-state index in [1.165, 1.54) is 0 Å². The van der Waals surface area contributed by atoms with Gasteiger partial charge in [-0.1, -0.05) is 13.3 Å². The lowest BCUT2D eigenvalue weighted by atomic mass is 10.0. The summed E-state index contributed by atoms with van der Waals surface area (Å²) in [5, 5.41) is 6.79. The molecule has 0 rings (SSSR count). The summed E-state index contributed by atoms with van der Waals surface area (Å²) in [5.74, 6) is -0.973. The Hall–Kier alpha value is -0.990. The van der Waals surface area contributed by atoms with E-state index in [0.29, 0.717) is 6.42 Å². The van der Waals surface area contributed by atoms with Crippen molar-refractivity contribution < 1.29 is 9.59 Å². The Bertz CT molecular complexity index is 143. The van der Waals surface area contributed by atoms with E-state index in [9.17, 15) is 9.59 Å². The van der Waals surface area contributed by atoms with E-state index in [-0.39, 0.29) is 6.29 Å². The third kappa shape index (κ3) is 2.53. The molecule has 56 valence electrons. The second-order valence-electron chi connectivity index (χ2n) is 2.08. The molecule has 1 unspecified atom stereocenters. The van der Waals surface area contributed by atoms with E-state index in [2.05, 4.69) is 0 Å². The van der Waals surface area contributed by atoms with E-state index in [1.54, 1.807) is 0 Å². The number of hydrogen-bond acceptors (Lipinski definition) is 3. The van der Waals surface area contributed by atoms with Crippen molar-refractivity contribution in [2.24, 2.45) is 5.92 Å². The maximum atomic E-state index is 10.6. The largest absolute Gasteiger partial charge is 0.312 e. The van der Waals surface area contributed by atoms with E-state index in [4.69, 9.17) is 5.41 Å². The topological polar surface area (TPSA) is 58.0 Å². The number of ketones is 1. The first kappa shape index (κ1) is 9.01. The van der Waals surface area contributed by atoms with Crippen LogP contribution in [0.2, 0.25) is 0 Å². The Kier molecular flexibility index (Phi) is 4.37. The number of carbonyl (C=O) groups is 2. The zero-order valence-electron chi connectivity index (χ0n) is 5.96. The van der Waals surface area contributed by atoms with Crippen molar-refractivity contribution in [2.75, 3.05) is 0 Å². The normalized spacial score (nSPS) is 12.1. The number of rotatable bonds is 5. The minimum absolute atomic E-state index is 0.283. The Labute approximate surface area is 59.9 Å². The highest BCUT2D eigenvalue weighted by Crippen LogP contribution is 2.02. The maximum absolute atomic E-state index is 10.6. The van der Waals surface area contributed by atoms with Gasteiger partial charge in [0.15, 0.2) is 6.29 Å². The summed E-state index contributed by atoms with van der Waals surface area (Å²) in [5.41, 5.74) is 0. The lowest BCUT2D eigenvalue weighted by molar-refractivity contribution is -0.131. The van der Waals surface area contributed by atoms with Crippen LogP contribution in [0.5, 0.6) is 0 Å². The average molecular weight is 141 g/mol. The van der Waals surface area contributed by atoms with E-state index in [1.807, 2.05) is 6.92 Å². The monoisotopic (exact) mass is 141 g/mol. The summed E-state index contributed by atoms with van der Waals surface area (Å²) in [6.45, 7) is 1.91. The SMILES string of the molecule is CCCC(C=N)C(=O)C=O. The van der Waals surface area contributed by atoms with Gasteiger partial charge in [0, 0.05) is 6.21 Å². The summed E-state index contributed by atoms with van der Waals surface area (Å²) < 4.78 is 0. The van der Waals surface area contributed by atoms with Gasteiger partial charge in [-0.05, 0) is 6.42 Å². The van der Waals surface area contributed by atoms with Gasteiger partial charge in [-0.25, -0.2) is 0 Å². The third-order valence-electron chi connectivity index (χ3n) is 1.28. The van der Waals surface area contributed by atoms with Crippen LogP contribution in [0, 0.1) is 11.3 Å². The molecule has 3 nitrogen and oxygen atoms in total. The highest BCUT2D eigenvalue weighted by molar-refractivity contribution is 6.29. The standard InChI is InChI=1S/C7H11NO2/c1-2-3-6(4-8)7(10)5-9/h4-6,8H,2-3H2,1H3. The molecule has 0 spiro atoms. The van der Waals surface area contributed by atoms with Gasteiger partial charge >= 0.3 is 0 Å². The van der Waals surface area contributed by atoms with Gasteiger partial charge in [0.1, 0.15) is 0 Å². The molecule has 0 fully saturated rings. The van der Waals surface area contributed by atoms with Crippen molar-refractivity contribution in [2.45, 2.75) is 19.8 Å². The summed E-state index contributed by atoms with van der Waals surface area (Å²) >= 11 is 0. The average Bonchev–Trinajstić information content (AvgIpc) is 1.99. The van der Waals surface area contributed by atoms with Crippen LogP contribution in [-0.4, -0.2) is 18.3 Å². The molecule has 0 heterocycles. The van der Waals surface area contributed by atoms with Crippen LogP contribution in [0.15, 0.2) is 0 Å². The maximum Gasteiger partial charge on any atom is 0.203 e. The number of nitrogens with one attached hydrogen (secondary N) is 1. The first-order valence-electron chi connectivity index (χ1n) is 3.25. The van der Waals surface area contributed by atoms with Crippen LogP contribution < -0.4 is 0 Å². The van der Waals surface area contributed by atoms with Gasteiger partial charge in [0.25, 0.3) is 0 Å². The molecular formula is C7H11NO2. The molecular weight excluding hydrogens is 130 g/mol. The molecule has 1 N–H and O–H groups in total. The molecule has 0 bridgehead atoms. The molecule has 0 saturated carbocycles. The predicted molar refractivity (Wildman–Crippen MR) is 38.3 cm³/mol. The van der Waals surface area contributed by atoms with Crippen molar-refractivity contribution in [3.05, 3.63) is 0 Å². The van der Waals surface area contributed by atoms with E-state index in [0.717, 1.165) is 12.6 Å². The van der Waals surface area contributed by atoms with Crippen molar-refractivity contribution in [1.29, 1.82) is 5.41 Å². The zero-order valence-corrected chi connectivity index (χ0v) is 5.96.